The average molecular weight is 1810 g/mol. The zero-order chi connectivity index (χ0) is 91.7. The molecule has 6 rings (SSSR count). The molecule has 6 aliphatic rings. The van der Waals surface area contributed by atoms with Gasteiger partial charge in [0.15, 0.2) is 31.5 Å². The molecule has 730 valence electrons. The van der Waals surface area contributed by atoms with Gasteiger partial charge in [-0.15, -0.1) is 0 Å². The van der Waals surface area contributed by atoms with E-state index in [-0.39, 0.29) is 12.3 Å². The molecule has 0 aromatic heterocycles. The van der Waals surface area contributed by atoms with Crippen LogP contribution in [0, 0.1) is 0 Å². The summed E-state index contributed by atoms with van der Waals surface area (Å²) in [5.74, 6) is -7.59. The molecule has 0 bridgehead atoms. The van der Waals surface area contributed by atoms with Crippen molar-refractivity contribution in [3.05, 3.63) is 12.2 Å². The molecule has 6 heterocycles. The Balaban J connectivity index is 1.12. The van der Waals surface area contributed by atoms with Crippen molar-refractivity contribution < 1.29 is 173 Å². The van der Waals surface area contributed by atoms with E-state index < -0.39 is 266 Å². The molecule has 22 N–H and O–H groups in total. The lowest BCUT2D eigenvalue weighted by Crippen LogP contribution is -2.72. The Hall–Kier alpha value is -3.58. The smallest absolute Gasteiger partial charge is 0.364 e. The van der Waals surface area contributed by atoms with E-state index in [0.29, 0.717) is 12.8 Å². The van der Waals surface area contributed by atoms with Gasteiger partial charge in [0, 0.05) is 26.7 Å². The van der Waals surface area contributed by atoms with Crippen LogP contribution < -0.4 is 16.0 Å². The highest BCUT2D eigenvalue weighted by Crippen LogP contribution is 2.41. The molecule has 38 heteroatoms. The Bertz CT molecular complexity index is 2960. The second-order valence-electron chi connectivity index (χ2n) is 34.9. The Kier molecular flexibility index (Phi) is 52.1. The number of aliphatic carboxylic acids is 1. The highest BCUT2D eigenvalue weighted by molar-refractivity contribution is 5.77. The van der Waals surface area contributed by atoms with Crippen LogP contribution in [-0.4, -0.2) is 362 Å². The molecule has 6 fully saturated rings. The zero-order valence-electron chi connectivity index (χ0n) is 74.1. The fourth-order valence-electron chi connectivity index (χ4n) is 17.2. The maximum absolute atomic E-state index is 13.6. The number of rotatable bonds is 62. The van der Waals surface area contributed by atoms with Gasteiger partial charge in [-0.2, -0.15) is 0 Å². The van der Waals surface area contributed by atoms with Gasteiger partial charge in [0.25, 0.3) is 5.79 Å². The van der Waals surface area contributed by atoms with E-state index >= 15 is 0 Å². The van der Waals surface area contributed by atoms with Crippen LogP contribution in [0.15, 0.2) is 12.2 Å². The monoisotopic (exact) mass is 1800 g/mol. The lowest BCUT2D eigenvalue weighted by Gasteiger charge is -2.52. The summed E-state index contributed by atoms with van der Waals surface area (Å²) in [6.45, 7) is 1.57. The summed E-state index contributed by atoms with van der Waals surface area (Å²) in [6, 6.07) is -4.82. The Morgan fingerprint density at radius 3 is 1.30 bits per heavy atom. The van der Waals surface area contributed by atoms with Gasteiger partial charge in [-0.3, -0.25) is 14.4 Å². The van der Waals surface area contributed by atoms with Crippen LogP contribution >= 0.6 is 0 Å². The van der Waals surface area contributed by atoms with Crippen molar-refractivity contribution in [2.45, 2.75) is 474 Å². The lowest BCUT2D eigenvalue weighted by molar-refractivity contribution is -0.398. The summed E-state index contributed by atoms with van der Waals surface area (Å²) in [4.78, 5) is 52.9. The van der Waals surface area contributed by atoms with Crippen LogP contribution in [0.5, 0.6) is 0 Å². The molecule has 125 heavy (non-hydrogen) atoms. The number of nitrogens with one attached hydrogen (secondary N) is 3. The number of aliphatic hydroxyl groups excluding tert-OH is 18. The number of unbranched alkanes of at least 4 members (excludes halogenated alkanes) is 33. The van der Waals surface area contributed by atoms with E-state index in [2.05, 4.69) is 29.8 Å². The van der Waals surface area contributed by atoms with Crippen molar-refractivity contribution in [1.29, 1.82) is 0 Å². The van der Waals surface area contributed by atoms with Crippen LogP contribution in [0.4, 0.5) is 0 Å². The number of ether oxygens (including phenoxy) is 12. The Morgan fingerprint density at radius 2 is 0.824 bits per heavy atom. The molecule has 33 atom stereocenters. The summed E-state index contributed by atoms with van der Waals surface area (Å²) in [6.07, 6.45) is -14.7. The second-order valence-corrected chi connectivity index (χ2v) is 34.9. The number of amides is 3. The molecule has 6 saturated heterocycles. The van der Waals surface area contributed by atoms with Crippen LogP contribution in [0.3, 0.4) is 0 Å². The maximum atomic E-state index is 13.6. The number of carbonyl (C=O) groups excluding carboxylic acids is 3. The number of carboxylic acids is 1. The summed E-state index contributed by atoms with van der Waals surface area (Å²) in [5.41, 5.74) is 0. The van der Waals surface area contributed by atoms with Gasteiger partial charge in [0.05, 0.1) is 70.0 Å². The Morgan fingerprint density at radius 1 is 0.432 bits per heavy atom. The van der Waals surface area contributed by atoms with Crippen LogP contribution in [0.25, 0.3) is 0 Å². The molecule has 3 amide bonds. The first kappa shape index (κ1) is 110. The summed E-state index contributed by atoms with van der Waals surface area (Å²) in [5, 5.41) is 221. The molecule has 0 radical (unpaired) electrons. The van der Waals surface area contributed by atoms with E-state index in [1.807, 2.05) is 6.08 Å². The van der Waals surface area contributed by atoms with E-state index in [1.165, 1.54) is 167 Å². The molecule has 0 spiro atoms. The molecule has 0 aromatic carbocycles. The Labute approximate surface area is 735 Å². The molecule has 38 nitrogen and oxygen atoms in total. The van der Waals surface area contributed by atoms with Gasteiger partial charge in [0.2, 0.25) is 17.7 Å². The van der Waals surface area contributed by atoms with Gasteiger partial charge in [-0.25, -0.2) is 4.79 Å². The number of carbonyl (C=O) groups is 4. The largest absolute Gasteiger partial charge is 0.477 e. The van der Waals surface area contributed by atoms with E-state index in [0.717, 1.165) is 65.2 Å². The van der Waals surface area contributed by atoms with Crippen LogP contribution in [0.2, 0.25) is 0 Å². The van der Waals surface area contributed by atoms with Gasteiger partial charge >= 0.3 is 5.97 Å². The summed E-state index contributed by atoms with van der Waals surface area (Å²) >= 11 is 0. The molecular weight excluding hydrogens is 1650 g/mol. The van der Waals surface area contributed by atoms with Crippen LogP contribution in [-0.2, 0) is 76.0 Å². The van der Waals surface area contributed by atoms with Crippen molar-refractivity contribution in [3.8, 4) is 0 Å². The summed E-state index contributed by atoms with van der Waals surface area (Å²) < 4.78 is 72.2. The minimum absolute atomic E-state index is 0.159. The predicted molar refractivity (Wildman–Crippen MR) is 447 cm³/mol. The fourth-order valence-corrected chi connectivity index (χ4v) is 17.2. The number of carboxylic acid groups (broad SMARTS) is 1. The zero-order valence-corrected chi connectivity index (χ0v) is 74.1. The SMILES string of the molecule is CCCCCCCCCCCCC/C=C/[C@@H](O)[C@H](CO[C@@H]1OC(CO)[C@@H](O[C@@H]2OC(CO)[C@H](O[C@@H]3OC(CO)[C@H](O[C@H]4OC(C)[C@@H](O)C(O)[C@@H]4O)[C@H](O[C@@H]4OC(CO)[C@H](O)[C@H](O[C@]5(C(=O)O)CC(O)[C@@H](NC(C)=O)C([C@H](O)[C@H](O)CO)O5)C4O)C3NC(C)=O)[C@H](O)C2O)[C@H](O)C1O)NC(=O)CCCCCCCCCCCCCCCCCCCCCCCCC. The highest BCUT2D eigenvalue weighted by atomic mass is 16.8. The lowest BCUT2D eigenvalue weighted by atomic mass is 9.88. The second kappa shape index (κ2) is 59.1. The normalized spacial score (nSPS) is 35.1. The van der Waals surface area contributed by atoms with Gasteiger partial charge in [-0.1, -0.05) is 231 Å². The van der Waals surface area contributed by atoms with Gasteiger partial charge in [0.1, 0.15) is 134 Å². The van der Waals surface area contributed by atoms with Crippen molar-refractivity contribution in [2.24, 2.45) is 0 Å². The molecule has 6 aliphatic heterocycles. The molecule has 0 aliphatic carbocycles. The summed E-state index contributed by atoms with van der Waals surface area (Å²) in [7, 11) is 0. The number of allylic oxidation sites excluding steroid dienone is 1. The number of aliphatic hydroxyl groups is 18. The first-order valence-electron chi connectivity index (χ1n) is 46.5. The fraction of sp³-hybridized carbons (Fsp3) is 0.931. The average Bonchev–Trinajstić information content (AvgIpc) is 0.755. The minimum atomic E-state index is -3.29. The predicted octanol–water partition coefficient (Wildman–Crippen LogP) is 0.930. The molecular formula is C87H157N3O35. The third kappa shape index (κ3) is 34.8. The van der Waals surface area contributed by atoms with Crippen molar-refractivity contribution in [1.82, 2.24) is 16.0 Å². The first-order valence-corrected chi connectivity index (χ1v) is 46.5. The quantitative estimate of drug-likeness (QED) is 0.0297. The molecule has 0 aromatic rings. The molecule has 12 unspecified atom stereocenters. The number of hydrogen-bond acceptors (Lipinski definition) is 34. The highest BCUT2D eigenvalue weighted by Gasteiger charge is 2.62. The van der Waals surface area contributed by atoms with Crippen molar-refractivity contribution >= 4 is 23.7 Å². The maximum Gasteiger partial charge on any atom is 0.364 e. The first-order chi connectivity index (χ1) is 60.0. The van der Waals surface area contributed by atoms with E-state index in [4.69, 9.17) is 56.8 Å². The third-order valence-corrected chi connectivity index (χ3v) is 24.7. The van der Waals surface area contributed by atoms with E-state index in [9.17, 15) is 116 Å². The topological polar surface area (TPSA) is 600 Å². The van der Waals surface area contributed by atoms with Gasteiger partial charge < -0.3 is 170 Å². The van der Waals surface area contributed by atoms with Crippen molar-refractivity contribution in [3.63, 3.8) is 0 Å². The van der Waals surface area contributed by atoms with Crippen LogP contribution in [0.1, 0.15) is 272 Å². The third-order valence-electron chi connectivity index (χ3n) is 24.7. The molecule has 0 saturated carbocycles. The van der Waals surface area contributed by atoms with E-state index in [1.54, 1.807) is 6.08 Å². The van der Waals surface area contributed by atoms with Crippen molar-refractivity contribution in [2.75, 3.05) is 39.6 Å². The van der Waals surface area contributed by atoms with Gasteiger partial charge in [-0.05, 0) is 26.2 Å². The standard InChI is InChI=1S/C87H157N3O35/c1-6-8-10-12-14-16-18-20-21-22-23-24-25-26-27-28-29-31-33-35-37-39-41-43-62(101)90-54(55(98)42-40-38-36-34-32-30-19-17-15-13-11-9-7-2)50-114-82-72(109)69(106)76(59(47-93)118-82)121-84-73(110)70(107)75(60(48-94)119-84)120-81-64(89-53(5)97)79(77(61(49-95)117-81)122-83-71(108)68(105)65(102)51(3)115-83)123-85-74(111)80(67(104)58(46-92)116-85)125-87(86(112)113)44-56(99)63(88-52(4)96)78(124-87)66(103)57(100)45-91/h40,42,51,54-61,63-85,91-95,98-100,102-111H,6-39,41,43-50H2,1-5H3,(H,88,96)(H,89,97)(H,90,101)(H,112,113)/b42-40+/t51?,54-,55+,56?,57+,58?,59?,60?,61?,63+,64?,65+,66+,67-,68?,69+,70+,71-,72?,73?,74?,75-,76+,77-,78?,79+,80-,81-,82+,83+,84-,85-,87-/m0/s1. The minimum Gasteiger partial charge on any atom is -0.477 e. The number of hydrogen-bond donors (Lipinski definition) is 22.